The van der Waals surface area contributed by atoms with Gasteiger partial charge < -0.3 is 15.2 Å². The van der Waals surface area contributed by atoms with Gasteiger partial charge in [-0.25, -0.2) is 4.98 Å². The SMILES string of the molecule is CC(=O)Nc1cccc(CNC(=O)C(C)n2cnc3ccccc32)c1. The average Bonchev–Trinajstić information content (AvgIpc) is 3.03. The van der Waals surface area contributed by atoms with E-state index in [-0.39, 0.29) is 17.9 Å². The minimum absolute atomic E-state index is 0.0897. The predicted molar refractivity (Wildman–Crippen MR) is 97.0 cm³/mol. The number of hydrogen-bond donors (Lipinski definition) is 2. The molecule has 0 fully saturated rings. The van der Waals surface area contributed by atoms with Crippen molar-refractivity contribution in [2.24, 2.45) is 0 Å². The number of aromatic nitrogens is 2. The highest BCUT2D eigenvalue weighted by Crippen LogP contribution is 2.17. The fourth-order valence-corrected chi connectivity index (χ4v) is 2.71. The minimum atomic E-state index is -0.370. The van der Waals surface area contributed by atoms with Gasteiger partial charge in [-0.15, -0.1) is 0 Å². The summed E-state index contributed by atoms with van der Waals surface area (Å²) in [6.45, 7) is 3.70. The molecule has 0 aliphatic heterocycles. The number of carbonyl (C=O) groups excluding carboxylic acids is 2. The Bertz CT molecular complexity index is 916. The Hall–Kier alpha value is -3.15. The van der Waals surface area contributed by atoms with E-state index in [1.165, 1.54) is 6.92 Å². The summed E-state index contributed by atoms with van der Waals surface area (Å²) in [6.07, 6.45) is 1.69. The number of para-hydroxylation sites is 2. The Labute approximate surface area is 145 Å². The van der Waals surface area contributed by atoms with Gasteiger partial charge in [-0.05, 0) is 36.8 Å². The monoisotopic (exact) mass is 336 g/mol. The van der Waals surface area contributed by atoms with Gasteiger partial charge in [0.2, 0.25) is 11.8 Å². The number of carbonyl (C=O) groups is 2. The van der Waals surface area contributed by atoms with Crippen LogP contribution in [0, 0.1) is 0 Å². The third kappa shape index (κ3) is 3.85. The number of fused-ring (bicyclic) bond motifs is 1. The molecule has 0 aliphatic rings. The van der Waals surface area contributed by atoms with Gasteiger partial charge in [0.15, 0.2) is 0 Å². The largest absolute Gasteiger partial charge is 0.350 e. The molecular formula is C19H20N4O2. The molecule has 6 heteroatoms. The Morgan fingerprint density at radius 2 is 1.96 bits per heavy atom. The molecule has 0 radical (unpaired) electrons. The number of rotatable bonds is 5. The van der Waals surface area contributed by atoms with Crippen molar-refractivity contribution in [3.05, 3.63) is 60.4 Å². The molecule has 0 spiro atoms. The average molecular weight is 336 g/mol. The van der Waals surface area contributed by atoms with Crippen LogP contribution in [0.5, 0.6) is 0 Å². The summed E-state index contributed by atoms with van der Waals surface area (Å²) in [5.74, 6) is -0.213. The maximum atomic E-state index is 12.5. The van der Waals surface area contributed by atoms with E-state index in [0.29, 0.717) is 12.2 Å². The van der Waals surface area contributed by atoms with Crippen molar-refractivity contribution >= 4 is 28.5 Å². The van der Waals surface area contributed by atoms with Crippen molar-refractivity contribution in [2.75, 3.05) is 5.32 Å². The molecule has 6 nitrogen and oxygen atoms in total. The summed E-state index contributed by atoms with van der Waals surface area (Å²) in [6, 6.07) is 14.8. The van der Waals surface area contributed by atoms with Gasteiger partial charge in [-0.1, -0.05) is 24.3 Å². The van der Waals surface area contributed by atoms with Gasteiger partial charge >= 0.3 is 0 Å². The molecule has 1 heterocycles. The smallest absolute Gasteiger partial charge is 0.243 e. The first-order valence-corrected chi connectivity index (χ1v) is 8.10. The van der Waals surface area contributed by atoms with Crippen LogP contribution < -0.4 is 10.6 Å². The molecule has 128 valence electrons. The zero-order valence-electron chi connectivity index (χ0n) is 14.2. The highest BCUT2D eigenvalue weighted by atomic mass is 16.2. The Balaban J connectivity index is 1.67. The summed E-state index contributed by atoms with van der Waals surface area (Å²) >= 11 is 0. The molecule has 25 heavy (non-hydrogen) atoms. The highest BCUT2D eigenvalue weighted by molar-refractivity contribution is 5.88. The molecule has 3 aromatic rings. The quantitative estimate of drug-likeness (QED) is 0.752. The van der Waals surface area contributed by atoms with Crippen LogP contribution in [-0.4, -0.2) is 21.4 Å². The molecule has 2 aromatic carbocycles. The van der Waals surface area contributed by atoms with E-state index in [0.717, 1.165) is 16.6 Å². The second-order valence-corrected chi connectivity index (χ2v) is 5.92. The second-order valence-electron chi connectivity index (χ2n) is 5.92. The Morgan fingerprint density at radius 1 is 1.16 bits per heavy atom. The van der Waals surface area contributed by atoms with E-state index in [4.69, 9.17) is 0 Å². The number of amides is 2. The summed E-state index contributed by atoms with van der Waals surface area (Å²) in [7, 11) is 0. The van der Waals surface area contributed by atoms with Gasteiger partial charge in [0, 0.05) is 19.2 Å². The fourth-order valence-electron chi connectivity index (χ4n) is 2.71. The summed E-state index contributed by atoms with van der Waals surface area (Å²) in [5.41, 5.74) is 3.43. The van der Waals surface area contributed by atoms with Gasteiger partial charge in [0.05, 0.1) is 17.4 Å². The molecule has 0 bridgehead atoms. The second kappa shape index (κ2) is 7.17. The van der Waals surface area contributed by atoms with Gasteiger partial charge in [0.25, 0.3) is 0 Å². The van der Waals surface area contributed by atoms with Crippen molar-refractivity contribution in [3.8, 4) is 0 Å². The van der Waals surface area contributed by atoms with Crippen LogP contribution in [0.1, 0.15) is 25.5 Å². The molecule has 0 aliphatic carbocycles. The van der Waals surface area contributed by atoms with E-state index < -0.39 is 0 Å². The minimum Gasteiger partial charge on any atom is -0.350 e. The molecular weight excluding hydrogens is 316 g/mol. The van der Waals surface area contributed by atoms with E-state index in [2.05, 4.69) is 15.6 Å². The summed E-state index contributed by atoms with van der Waals surface area (Å²) in [4.78, 5) is 27.9. The standard InChI is InChI=1S/C19H20N4O2/c1-13(23-12-21-17-8-3-4-9-18(17)23)19(25)20-11-15-6-5-7-16(10-15)22-14(2)24/h3-10,12-13H,11H2,1-2H3,(H,20,25)(H,22,24). The Kier molecular flexibility index (Phi) is 4.79. The molecule has 1 atom stereocenters. The zero-order valence-corrected chi connectivity index (χ0v) is 14.2. The number of nitrogens with zero attached hydrogens (tertiary/aromatic N) is 2. The summed E-state index contributed by atoms with van der Waals surface area (Å²) in [5, 5.41) is 5.67. The van der Waals surface area contributed by atoms with Crippen molar-refractivity contribution in [1.29, 1.82) is 0 Å². The van der Waals surface area contributed by atoms with Crippen LogP contribution in [0.2, 0.25) is 0 Å². The van der Waals surface area contributed by atoms with Crippen LogP contribution >= 0.6 is 0 Å². The highest BCUT2D eigenvalue weighted by Gasteiger charge is 2.16. The van der Waals surface area contributed by atoms with Crippen molar-refractivity contribution in [3.63, 3.8) is 0 Å². The lowest BCUT2D eigenvalue weighted by atomic mass is 10.2. The molecule has 1 unspecified atom stereocenters. The lowest BCUT2D eigenvalue weighted by Crippen LogP contribution is -2.30. The maximum Gasteiger partial charge on any atom is 0.243 e. The number of imidazole rings is 1. The van der Waals surface area contributed by atoms with Crippen LogP contribution in [0.3, 0.4) is 0 Å². The maximum absolute atomic E-state index is 12.5. The molecule has 3 rings (SSSR count). The van der Waals surface area contributed by atoms with Crippen LogP contribution in [0.4, 0.5) is 5.69 Å². The van der Waals surface area contributed by atoms with Crippen molar-refractivity contribution in [2.45, 2.75) is 26.4 Å². The van der Waals surface area contributed by atoms with Crippen LogP contribution in [0.25, 0.3) is 11.0 Å². The van der Waals surface area contributed by atoms with Crippen molar-refractivity contribution in [1.82, 2.24) is 14.9 Å². The molecule has 2 amide bonds. The first-order valence-electron chi connectivity index (χ1n) is 8.10. The molecule has 1 aromatic heterocycles. The molecule has 2 N–H and O–H groups in total. The van der Waals surface area contributed by atoms with Crippen molar-refractivity contribution < 1.29 is 9.59 Å². The van der Waals surface area contributed by atoms with Gasteiger partial charge in [-0.3, -0.25) is 9.59 Å². The topological polar surface area (TPSA) is 76.0 Å². The van der Waals surface area contributed by atoms with Crippen LogP contribution in [0.15, 0.2) is 54.9 Å². The Morgan fingerprint density at radius 3 is 2.76 bits per heavy atom. The predicted octanol–water partition coefficient (Wildman–Crippen LogP) is 2.87. The molecule has 0 saturated carbocycles. The zero-order chi connectivity index (χ0) is 17.8. The first kappa shape index (κ1) is 16.7. The van der Waals surface area contributed by atoms with E-state index in [9.17, 15) is 9.59 Å². The number of nitrogens with one attached hydrogen (secondary N) is 2. The van der Waals surface area contributed by atoms with E-state index in [1.54, 1.807) is 6.33 Å². The fraction of sp³-hybridized carbons (Fsp3) is 0.211. The third-order valence-electron chi connectivity index (χ3n) is 3.99. The lowest BCUT2D eigenvalue weighted by molar-refractivity contribution is -0.124. The first-order chi connectivity index (χ1) is 12.0. The van der Waals surface area contributed by atoms with E-state index >= 15 is 0 Å². The molecule has 0 saturated heterocycles. The lowest BCUT2D eigenvalue weighted by Gasteiger charge is -2.15. The van der Waals surface area contributed by atoms with Gasteiger partial charge in [0.1, 0.15) is 6.04 Å². The van der Waals surface area contributed by atoms with E-state index in [1.807, 2.05) is 60.0 Å². The summed E-state index contributed by atoms with van der Waals surface area (Å²) < 4.78 is 1.86. The van der Waals surface area contributed by atoms with Gasteiger partial charge in [-0.2, -0.15) is 0 Å². The number of hydrogen-bond acceptors (Lipinski definition) is 3. The number of anilines is 1. The van der Waals surface area contributed by atoms with Crippen LogP contribution in [-0.2, 0) is 16.1 Å². The normalized spacial score (nSPS) is 11.9. The third-order valence-corrected chi connectivity index (χ3v) is 3.99. The number of benzene rings is 2.